The summed E-state index contributed by atoms with van der Waals surface area (Å²) in [6, 6.07) is 4.45. The number of carbonyl (C=O) groups is 1. The molecule has 0 amide bonds. The topological polar surface area (TPSA) is 60.4 Å². The third kappa shape index (κ3) is 2.67. The molecule has 1 rings (SSSR count). The fraction of sp³-hybridized carbons (Fsp3) is 0.417. The summed E-state index contributed by atoms with van der Waals surface area (Å²) >= 11 is 5.91. The van der Waals surface area contributed by atoms with E-state index in [4.69, 9.17) is 16.3 Å². The molecule has 0 bridgehead atoms. The maximum atomic E-state index is 12.2. The normalized spacial score (nSPS) is 12.3. The summed E-state index contributed by atoms with van der Waals surface area (Å²) in [5, 5.41) is 0.271. The van der Waals surface area contributed by atoms with Crippen LogP contribution in [0.5, 0.6) is 5.75 Å². The predicted molar refractivity (Wildman–Crippen MR) is 71.3 cm³/mol. The number of rotatable bonds is 4. The average molecular weight is 291 g/mol. The third-order valence-electron chi connectivity index (χ3n) is 2.89. The Morgan fingerprint density at radius 2 is 1.89 bits per heavy atom. The van der Waals surface area contributed by atoms with Gasteiger partial charge in [0.25, 0.3) is 0 Å². The molecule has 0 atom stereocenters. The minimum absolute atomic E-state index is 0.247. The Bertz CT molecular complexity index is 576. The van der Waals surface area contributed by atoms with Crippen LogP contribution in [0.3, 0.4) is 0 Å². The van der Waals surface area contributed by atoms with Crippen molar-refractivity contribution in [1.29, 1.82) is 0 Å². The molecule has 1 aromatic carbocycles. The predicted octanol–water partition coefficient (Wildman–Crippen LogP) is 2.35. The third-order valence-corrected chi connectivity index (χ3v) is 5.22. The second-order valence-corrected chi connectivity index (χ2v) is 7.43. The van der Waals surface area contributed by atoms with Gasteiger partial charge < -0.3 is 4.74 Å². The number of hydrogen-bond donors (Lipinski definition) is 0. The standard InChI is InChI=1S/C12H15ClO4S/c1-12(2,18(4,15)16)11(14)8-5-6-10(17-3)9(13)7-8/h5-7H,1-4H3. The van der Waals surface area contributed by atoms with E-state index < -0.39 is 20.4 Å². The van der Waals surface area contributed by atoms with Crippen molar-refractivity contribution < 1.29 is 17.9 Å². The molecule has 1 aromatic rings. The van der Waals surface area contributed by atoms with Crippen LogP contribution in [0.15, 0.2) is 18.2 Å². The number of ketones is 1. The number of halogens is 1. The average Bonchev–Trinajstić information content (AvgIpc) is 2.26. The Morgan fingerprint density at radius 1 is 1.33 bits per heavy atom. The molecule has 6 heteroatoms. The van der Waals surface area contributed by atoms with Crippen molar-refractivity contribution in [3.05, 3.63) is 28.8 Å². The molecule has 0 aliphatic heterocycles. The Hall–Kier alpha value is -1.07. The number of Topliss-reactive ketones (excluding diaryl/α,β-unsaturated/α-hetero) is 1. The number of benzene rings is 1. The van der Waals surface area contributed by atoms with Crippen LogP contribution in [-0.4, -0.2) is 32.3 Å². The number of hydrogen-bond acceptors (Lipinski definition) is 4. The summed E-state index contributed by atoms with van der Waals surface area (Å²) < 4.78 is 26.7. The first-order valence-corrected chi connectivity index (χ1v) is 7.46. The number of sulfone groups is 1. The zero-order valence-corrected chi connectivity index (χ0v) is 12.2. The van der Waals surface area contributed by atoms with E-state index in [0.29, 0.717) is 5.75 Å². The van der Waals surface area contributed by atoms with Crippen molar-refractivity contribution in [1.82, 2.24) is 0 Å². The first-order valence-electron chi connectivity index (χ1n) is 5.19. The fourth-order valence-corrected chi connectivity index (χ4v) is 2.04. The molecule has 0 unspecified atom stereocenters. The van der Waals surface area contributed by atoms with Gasteiger partial charge in [-0.25, -0.2) is 8.42 Å². The summed E-state index contributed by atoms with van der Waals surface area (Å²) in [7, 11) is -2.04. The van der Waals surface area contributed by atoms with Gasteiger partial charge in [-0.05, 0) is 32.0 Å². The van der Waals surface area contributed by atoms with Gasteiger partial charge in [-0.3, -0.25) is 4.79 Å². The first-order chi connectivity index (χ1) is 8.11. The van der Waals surface area contributed by atoms with Crippen LogP contribution in [0.25, 0.3) is 0 Å². The van der Waals surface area contributed by atoms with Crippen LogP contribution in [0.4, 0.5) is 0 Å². The van der Waals surface area contributed by atoms with Gasteiger partial charge in [0.05, 0.1) is 12.1 Å². The highest BCUT2D eigenvalue weighted by Crippen LogP contribution is 2.28. The summed E-state index contributed by atoms with van der Waals surface area (Å²) in [5.74, 6) is -0.0556. The first kappa shape index (κ1) is 15.0. The van der Waals surface area contributed by atoms with Crippen LogP contribution in [0, 0.1) is 0 Å². The zero-order chi connectivity index (χ0) is 14.1. The summed E-state index contributed by atoms with van der Waals surface area (Å²) in [4.78, 5) is 12.2. The second-order valence-electron chi connectivity index (χ2n) is 4.46. The minimum Gasteiger partial charge on any atom is -0.495 e. The highest BCUT2D eigenvalue weighted by Gasteiger charge is 2.38. The molecule has 0 saturated heterocycles. The van der Waals surface area contributed by atoms with Gasteiger partial charge in [0, 0.05) is 11.8 Å². The molecule has 0 saturated carbocycles. The lowest BCUT2D eigenvalue weighted by Crippen LogP contribution is -2.39. The van der Waals surface area contributed by atoms with Crippen LogP contribution < -0.4 is 4.74 Å². The lowest BCUT2D eigenvalue weighted by molar-refractivity contribution is 0.0954. The van der Waals surface area contributed by atoms with E-state index in [2.05, 4.69) is 0 Å². The molecular formula is C12H15ClO4S. The SMILES string of the molecule is COc1ccc(C(=O)C(C)(C)S(C)(=O)=O)cc1Cl. The number of ether oxygens (including phenoxy) is 1. The largest absolute Gasteiger partial charge is 0.495 e. The minimum atomic E-state index is -3.50. The molecule has 0 aliphatic carbocycles. The van der Waals surface area contributed by atoms with Gasteiger partial charge in [0.15, 0.2) is 15.6 Å². The van der Waals surface area contributed by atoms with Crippen molar-refractivity contribution in [2.45, 2.75) is 18.6 Å². The van der Waals surface area contributed by atoms with Crippen LogP contribution in [0.2, 0.25) is 5.02 Å². The van der Waals surface area contributed by atoms with Crippen molar-refractivity contribution in [2.75, 3.05) is 13.4 Å². The fourth-order valence-electron chi connectivity index (χ4n) is 1.32. The van der Waals surface area contributed by atoms with E-state index in [0.717, 1.165) is 6.26 Å². The molecular weight excluding hydrogens is 276 g/mol. The van der Waals surface area contributed by atoms with Crippen molar-refractivity contribution in [3.63, 3.8) is 0 Å². The van der Waals surface area contributed by atoms with E-state index in [1.54, 1.807) is 0 Å². The molecule has 0 N–H and O–H groups in total. The monoisotopic (exact) mass is 290 g/mol. The van der Waals surface area contributed by atoms with Gasteiger partial charge in [-0.1, -0.05) is 11.6 Å². The van der Waals surface area contributed by atoms with E-state index in [-0.39, 0.29) is 10.6 Å². The maximum absolute atomic E-state index is 12.2. The molecule has 0 heterocycles. The Labute approximate surface area is 112 Å². The van der Waals surface area contributed by atoms with Crippen LogP contribution in [0.1, 0.15) is 24.2 Å². The Morgan fingerprint density at radius 3 is 2.28 bits per heavy atom. The molecule has 0 spiro atoms. The Kier molecular flexibility index (Phi) is 4.08. The van der Waals surface area contributed by atoms with Crippen LogP contribution in [-0.2, 0) is 9.84 Å². The molecule has 0 fully saturated rings. The number of carbonyl (C=O) groups excluding carboxylic acids is 1. The lowest BCUT2D eigenvalue weighted by Gasteiger charge is -2.21. The molecule has 0 aromatic heterocycles. The van der Waals surface area contributed by atoms with E-state index in [1.165, 1.54) is 39.2 Å². The van der Waals surface area contributed by atoms with Gasteiger partial charge in [0.2, 0.25) is 0 Å². The van der Waals surface area contributed by atoms with Gasteiger partial charge in [0.1, 0.15) is 10.5 Å². The molecule has 0 radical (unpaired) electrons. The van der Waals surface area contributed by atoms with Crippen LogP contribution >= 0.6 is 11.6 Å². The lowest BCUT2D eigenvalue weighted by atomic mass is 10.0. The van der Waals surface area contributed by atoms with E-state index >= 15 is 0 Å². The van der Waals surface area contributed by atoms with Crippen molar-refractivity contribution >= 4 is 27.2 Å². The summed E-state index contributed by atoms with van der Waals surface area (Å²) in [5.41, 5.74) is 0.247. The number of methoxy groups -OCH3 is 1. The second kappa shape index (κ2) is 4.90. The highest BCUT2D eigenvalue weighted by molar-refractivity contribution is 7.92. The highest BCUT2D eigenvalue weighted by atomic mass is 35.5. The van der Waals surface area contributed by atoms with Crippen molar-refractivity contribution in [3.8, 4) is 5.75 Å². The molecule has 0 aliphatic rings. The molecule has 18 heavy (non-hydrogen) atoms. The van der Waals surface area contributed by atoms with Gasteiger partial charge in [-0.2, -0.15) is 0 Å². The quantitative estimate of drug-likeness (QED) is 0.799. The van der Waals surface area contributed by atoms with Gasteiger partial charge in [-0.15, -0.1) is 0 Å². The zero-order valence-electron chi connectivity index (χ0n) is 10.7. The summed E-state index contributed by atoms with van der Waals surface area (Å²) in [6.45, 7) is 2.76. The maximum Gasteiger partial charge on any atom is 0.183 e. The summed E-state index contributed by atoms with van der Waals surface area (Å²) in [6.07, 6.45) is 1.04. The Balaban J connectivity index is 3.25. The van der Waals surface area contributed by atoms with E-state index in [1.807, 2.05) is 0 Å². The smallest absolute Gasteiger partial charge is 0.183 e. The van der Waals surface area contributed by atoms with Gasteiger partial charge >= 0.3 is 0 Å². The molecule has 4 nitrogen and oxygen atoms in total. The van der Waals surface area contributed by atoms with E-state index in [9.17, 15) is 13.2 Å². The van der Waals surface area contributed by atoms with Crippen molar-refractivity contribution in [2.24, 2.45) is 0 Å². The molecule has 100 valence electrons.